The molecule has 0 spiro atoms. The Morgan fingerprint density at radius 2 is 1.45 bits per heavy atom. The van der Waals surface area contributed by atoms with Crippen LogP contribution in [0.2, 0.25) is 0 Å². The summed E-state index contributed by atoms with van der Waals surface area (Å²) < 4.78 is 10.4. The molecule has 4 heteroatoms. The van der Waals surface area contributed by atoms with Gasteiger partial charge in [-0.25, -0.2) is 0 Å². The van der Waals surface area contributed by atoms with Crippen molar-refractivity contribution >= 4 is 75.3 Å². The first kappa shape index (κ1) is 31.5. The second kappa shape index (κ2) is 11.1. The highest BCUT2D eigenvalue weighted by Gasteiger charge is 2.63. The fraction of sp³-hybridized carbons (Fsp3) is 0.176. The smallest absolute Gasteiger partial charge is 0.218 e. The molecule has 55 heavy (non-hydrogen) atoms. The Kier molecular flexibility index (Phi) is 6.37. The van der Waals surface area contributed by atoms with E-state index in [4.69, 9.17) is 6.58 Å². The summed E-state index contributed by atoms with van der Waals surface area (Å²) in [6.45, 7) is 9.78. The molecule has 12 rings (SSSR count). The summed E-state index contributed by atoms with van der Waals surface area (Å²) >= 11 is 1.94. The lowest BCUT2D eigenvalue weighted by Crippen LogP contribution is -2.70. The Morgan fingerprint density at radius 3 is 2.35 bits per heavy atom. The van der Waals surface area contributed by atoms with Gasteiger partial charge in [0.15, 0.2) is 23.6 Å². The normalized spacial score (nSPS) is 19.6. The summed E-state index contributed by atoms with van der Waals surface area (Å²) in [5.41, 5.74) is 12.8. The van der Waals surface area contributed by atoms with Gasteiger partial charge >= 0.3 is 0 Å². The minimum Gasteiger partial charge on any atom is -0.308 e. The molecule has 5 aromatic heterocycles. The van der Waals surface area contributed by atoms with Gasteiger partial charge in [-0.3, -0.25) is 0 Å². The number of pyridine rings is 2. The summed E-state index contributed by atoms with van der Waals surface area (Å²) in [6.07, 6.45) is 9.49. The van der Waals surface area contributed by atoms with Gasteiger partial charge in [0, 0.05) is 78.0 Å². The van der Waals surface area contributed by atoms with E-state index in [0.29, 0.717) is 0 Å². The van der Waals surface area contributed by atoms with Crippen LogP contribution in [0.1, 0.15) is 50.7 Å². The van der Waals surface area contributed by atoms with Gasteiger partial charge in [0.25, 0.3) is 0 Å². The summed E-state index contributed by atoms with van der Waals surface area (Å²) in [7, 11) is 0. The highest BCUT2D eigenvalue weighted by molar-refractivity contribution is 7.26. The van der Waals surface area contributed by atoms with Crippen LogP contribution >= 0.6 is 11.3 Å². The molecular weight excluding hydrogens is 687 g/mol. The van der Waals surface area contributed by atoms with E-state index in [1.54, 1.807) is 0 Å². The number of aryl methyl sites for hydroxylation is 1. The number of allylic oxidation sites excluding steroid dienone is 1. The van der Waals surface area contributed by atoms with Crippen molar-refractivity contribution in [3.63, 3.8) is 0 Å². The van der Waals surface area contributed by atoms with Gasteiger partial charge in [0.1, 0.15) is 0 Å². The summed E-state index contributed by atoms with van der Waals surface area (Å²) in [5, 5.41) is 8.12. The number of aromatic nitrogens is 3. The summed E-state index contributed by atoms with van der Waals surface area (Å²) in [5.74, 6) is 0. The highest BCUT2D eigenvalue weighted by atomic mass is 32.1. The maximum absolute atomic E-state index is 4.91. The van der Waals surface area contributed by atoms with Crippen LogP contribution in [-0.2, 0) is 17.4 Å². The molecular formula is C51H41N3S+2. The monoisotopic (exact) mass is 727 g/mol. The first-order chi connectivity index (χ1) is 27.1. The average molecular weight is 728 g/mol. The van der Waals surface area contributed by atoms with E-state index in [1.807, 2.05) is 11.3 Å². The van der Waals surface area contributed by atoms with Gasteiger partial charge in [-0.1, -0.05) is 74.5 Å². The maximum Gasteiger partial charge on any atom is 0.218 e. The zero-order valence-corrected chi connectivity index (χ0v) is 32.1. The van der Waals surface area contributed by atoms with Crippen molar-refractivity contribution in [2.45, 2.75) is 56.9 Å². The van der Waals surface area contributed by atoms with Gasteiger partial charge in [-0.15, -0.1) is 11.3 Å². The van der Waals surface area contributed by atoms with Crippen molar-refractivity contribution < 1.29 is 9.13 Å². The van der Waals surface area contributed by atoms with Crippen LogP contribution in [0.3, 0.4) is 0 Å². The third-order valence-electron chi connectivity index (χ3n) is 14.0. The lowest BCUT2D eigenvalue weighted by atomic mass is 9.55. The van der Waals surface area contributed by atoms with Gasteiger partial charge in [0.05, 0.1) is 33.9 Å². The molecule has 0 aliphatic carbocycles. The highest BCUT2D eigenvalue weighted by Crippen LogP contribution is 2.57. The largest absolute Gasteiger partial charge is 0.308 e. The molecule has 2 aliphatic rings. The molecule has 2 unspecified atom stereocenters. The minimum atomic E-state index is -0.244. The predicted octanol–water partition coefficient (Wildman–Crippen LogP) is 12.4. The molecule has 7 heterocycles. The van der Waals surface area contributed by atoms with E-state index >= 15 is 0 Å². The van der Waals surface area contributed by atoms with E-state index in [0.717, 1.165) is 37.8 Å². The number of hydrogen-bond donors (Lipinski definition) is 0. The maximum atomic E-state index is 4.91. The molecule has 0 fully saturated rings. The molecule has 0 radical (unpaired) electrons. The van der Waals surface area contributed by atoms with Crippen LogP contribution in [0.5, 0.6) is 0 Å². The Bertz CT molecular complexity index is 3250. The third-order valence-corrected chi connectivity index (χ3v) is 15.2. The van der Waals surface area contributed by atoms with Crippen LogP contribution in [0.15, 0.2) is 146 Å². The zero-order valence-electron chi connectivity index (χ0n) is 31.3. The van der Waals surface area contributed by atoms with Crippen LogP contribution in [0.25, 0.3) is 86.5 Å². The Morgan fingerprint density at radius 1 is 0.673 bits per heavy atom. The predicted molar refractivity (Wildman–Crippen MR) is 230 cm³/mol. The van der Waals surface area contributed by atoms with E-state index in [-0.39, 0.29) is 11.0 Å². The van der Waals surface area contributed by atoms with Crippen molar-refractivity contribution in [2.24, 2.45) is 0 Å². The number of rotatable bonds is 2. The average Bonchev–Trinajstić information content (AvgIpc) is 3.90. The minimum absolute atomic E-state index is 0.177. The number of thiophene rings is 1. The molecule has 2 atom stereocenters. The fourth-order valence-electron chi connectivity index (χ4n) is 11.6. The molecule has 3 nitrogen and oxygen atoms in total. The SMILES string of the molecule is C=C1CC2(CC)[n+]3ccccc3-c3cc4c5cccc6c7c8sc9ccccc9c8ccc7n(c4cc3C2(CC)CCc2ccccc2-c2cccc[n+]21)c56. The van der Waals surface area contributed by atoms with E-state index < -0.39 is 0 Å². The quantitative estimate of drug-likeness (QED) is 0.157. The van der Waals surface area contributed by atoms with Crippen LogP contribution in [0.4, 0.5) is 0 Å². The van der Waals surface area contributed by atoms with E-state index in [1.165, 1.54) is 91.9 Å². The van der Waals surface area contributed by atoms with Gasteiger partial charge in [-0.2, -0.15) is 9.13 Å². The van der Waals surface area contributed by atoms with Gasteiger partial charge in [-0.05, 0) is 79.4 Å². The van der Waals surface area contributed by atoms with E-state index in [2.05, 4.69) is 167 Å². The van der Waals surface area contributed by atoms with Crippen LogP contribution in [-0.4, -0.2) is 4.40 Å². The van der Waals surface area contributed by atoms with Crippen molar-refractivity contribution in [1.29, 1.82) is 0 Å². The Labute approximate surface area is 324 Å². The second-order valence-electron chi connectivity index (χ2n) is 16.0. The van der Waals surface area contributed by atoms with Crippen LogP contribution in [0, 0.1) is 0 Å². The lowest BCUT2D eigenvalue weighted by molar-refractivity contribution is -0.771. The van der Waals surface area contributed by atoms with Crippen molar-refractivity contribution in [2.75, 3.05) is 0 Å². The zero-order chi connectivity index (χ0) is 36.6. The standard InChI is InChI=1S/C51H41N3S/c1-4-50-26-25-33-15-6-7-16-34(33)42-20-10-12-27-52(42)32(3)31-51(50,5-2)53-28-13-11-21-43(53)40-29-39-36-18-14-19-38-47-44(54(48(36)38)45(39)30-41(40)50)24-23-37-35-17-8-9-22-46(35)55-49(37)47/h6-24,27-30H,3-5,25-26,31H2,1-2H3/q+2. The topological polar surface area (TPSA) is 12.2 Å². The van der Waals surface area contributed by atoms with Crippen molar-refractivity contribution in [1.82, 2.24) is 4.40 Å². The number of benzene rings is 5. The summed E-state index contributed by atoms with van der Waals surface area (Å²) in [4.78, 5) is 0. The fourth-order valence-corrected chi connectivity index (χ4v) is 12.8. The Hall–Kier alpha value is -5.84. The van der Waals surface area contributed by atoms with Crippen molar-refractivity contribution in [3.05, 3.63) is 157 Å². The number of hydrogen-bond acceptors (Lipinski definition) is 1. The molecule has 0 bridgehead atoms. The molecule has 264 valence electrons. The second-order valence-corrected chi connectivity index (χ2v) is 17.1. The first-order valence-corrected chi connectivity index (χ1v) is 20.7. The van der Waals surface area contributed by atoms with Crippen molar-refractivity contribution in [3.8, 4) is 22.5 Å². The molecule has 10 aromatic rings. The van der Waals surface area contributed by atoms with Crippen LogP contribution < -0.4 is 9.13 Å². The molecule has 0 saturated carbocycles. The number of nitrogens with zero attached hydrogens (tertiary/aromatic N) is 3. The number of para-hydroxylation sites is 1. The third kappa shape index (κ3) is 3.85. The molecule has 2 aliphatic heterocycles. The van der Waals surface area contributed by atoms with E-state index in [9.17, 15) is 0 Å². The number of fused-ring (bicyclic) bond motifs is 19. The van der Waals surface area contributed by atoms with Gasteiger partial charge in [0.2, 0.25) is 11.4 Å². The first-order valence-electron chi connectivity index (χ1n) is 19.9. The summed E-state index contributed by atoms with van der Waals surface area (Å²) in [6, 6.07) is 48.3. The van der Waals surface area contributed by atoms with Gasteiger partial charge < -0.3 is 4.40 Å². The lowest BCUT2D eigenvalue weighted by Gasteiger charge is -2.50. The Balaban J connectivity index is 1.20. The molecule has 0 N–H and O–H groups in total. The molecule has 0 saturated heterocycles. The molecule has 0 amide bonds. The molecule has 5 aromatic carbocycles.